The number of hydrogen-bond donors (Lipinski definition) is 4. The predicted molar refractivity (Wildman–Crippen MR) is 80.4 cm³/mol. The fraction of sp³-hybridized carbons (Fsp3) is 0.429. The van der Waals surface area contributed by atoms with E-state index in [0.717, 1.165) is 19.4 Å². The van der Waals surface area contributed by atoms with E-state index in [9.17, 15) is 9.59 Å². The number of rotatable bonds is 4. The van der Waals surface area contributed by atoms with Gasteiger partial charge in [0.1, 0.15) is 5.75 Å². The molecule has 1 saturated heterocycles. The minimum Gasteiger partial charge on any atom is -0.494 e. The van der Waals surface area contributed by atoms with Gasteiger partial charge in [0.25, 0.3) is 0 Å². The molecule has 1 fully saturated rings. The SMILES string of the molecule is COc1cc(NC(=O)C2CCCNC2)ccc1NC(N)=O. The number of ether oxygens (including phenoxy) is 1. The Kier molecular flexibility index (Phi) is 4.99. The topological polar surface area (TPSA) is 105 Å². The lowest BCUT2D eigenvalue weighted by atomic mass is 9.99. The van der Waals surface area contributed by atoms with E-state index in [1.807, 2.05) is 0 Å². The first-order valence-electron chi connectivity index (χ1n) is 6.86. The number of carbonyl (C=O) groups is 2. The number of hydrogen-bond acceptors (Lipinski definition) is 4. The molecule has 1 aliphatic rings. The lowest BCUT2D eigenvalue weighted by Crippen LogP contribution is -2.37. The van der Waals surface area contributed by atoms with Crippen LogP contribution in [0.1, 0.15) is 12.8 Å². The van der Waals surface area contributed by atoms with E-state index in [1.165, 1.54) is 7.11 Å². The van der Waals surface area contributed by atoms with Gasteiger partial charge >= 0.3 is 6.03 Å². The molecule has 0 spiro atoms. The Morgan fingerprint density at radius 3 is 2.81 bits per heavy atom. The second-order valence-electron chi connectivity index (χ2n) is 4.94. The van der Waals surface area contributed by atoms with E-state index >= 15 is 0 Å². The Morgan fingerprint density at radius 1 is 1.38 bits per heavy atom. The molecule has 1 aromatic carbocycles. The third-order valence-electron chi connectivity index (χ3n) is 3.39. The molecule has 0 aliphatic carbocycles. The van der Waals surface area contributed by atoms with Crippen LogP contribution in [0.2, 0.25) is 0 Å². The molecule has 5 N–H and O–H groups in total. The maximum absolute atomic E-state index is 12.1. The normalized spacial score (nSPS) is 17.9. The van der Waals surface area contributed by atoms with E-state index in [-0.39, 0.29) is 11.8 Å². The zero-order valence-electron chi connectivity index (χ0n) is 11.9. The molecule has 0 radical (unpaired) electrons. The third-order valence-corrected chi connectivity index (χ3v) is 3.39. The Morgan fingerprint density at radius 2 is 2.19 bits per heavy atom. The Bertz CT molecular complexity index is 527. The smallest absolute Gasteiger partial charge is 0.316 e. The lowest BCUT2D eigenvalue weighted by molar-refractivity contribution is -0.120. The maximum Gasteiger partial charge on any atom is 0.316 e. The lowest BCUT2D eigenvalue weighted by Gasteiger charge is -2.22. The second kappa shape index (κ2) is 6.94. The number of amides is 3. The summed E-state index contributed by atoms with van der Waals surface area (Å²) in [6, 6.07) is 4.32. The van der Waals surface area contributed by atoms with Crippen LogP contribution in [0, 0.1) is 5.92 Å². The number of urea groups is 1. The summed E-state index contributed by atoms with van der Waals surface area (Å²) >= 11 is 0. The maximum atomic E-state index is 12.1. The zero-order chi connectivity index (χ0) is 15.2. The number of piperidine rings is 1. The van der Waals surface area contributed by atoms with Crippen molar-refractivity contribution in [3.8, 4) is 5.75 Å². The van der Waals surface area contributed by atoms with Gasteiger partial charge in [0.05, 0.1) is 18.7 Å². The van der Waals surface area contributed by atoms with Gasteiger partial charge in [-0.25, -0.2) is 4.79 Å². The van der Waals surface area contributed by atoms with Crippen molar-refractivity contribution in [1.29, 1.82) is 0 Å². The van der Waals surface area contributed by atoms with Gasteiger partial charge in [-0.15, -0.1) is 0 Å². The van der Waals surface area contributed by atoms with Gasteiger partial charge in [-0.3, -0.25) is 4.79 Å². The summed E-state index contributed by atoms with van der Waals surface area (Å²) in [5.41, 5.74) is 6.17. The van der Waals surface area contributed by atoms with Crippen molar-refractivity contribution in [2.24, 2.45) is 11.7 Å². The van der Waals surface area contributed by atoms with Crippen LogP contribution in [-0.4, -0.2) is 32.1 Å². The van der Waals surface area contributed by atoms with Crippen LogP contribution in [0.15, 0.2) is 18.2 Å². The van der Waals surface area contributed by atoms with Crippen LogP contribution >= 0.6 is 0 Å². The van der Waals surface area contributed by atoms with E-state index in [2.05, 4.69) is 16.0 Å². The molecule has 3 amide bonds. The van der Waals surface area contributed by atoms with Gasteiger partial charge in [-0.2, -0.15) is 0 Å². The number of benzene rings is 1. The number of nitrogens with one attached hydrogen (secondary N) is 3. The van der Waals surface area contributed by atoms with E-state index in [1.54, 1.807) is 18.2 Å². The van der Waals surface area contributed by atoms with Gasteiger partial charge in [-0.05, 0) is 31.5 Å². The second-order valence-corrected chi connectivity index (χ2v) is 4.94. The fourth-order valence-electron chi connectivity index (χ4n) is 2.32. The molecule has 1 unspecified atom stereocenters. The molecule has 1 aromatic rings. The number of carbonyl (C=O) groups excluding carboxylic acids is 2. The van der Waals surface area contributed by atoms with Crippen LogP contribution in [0.5, 0.6) is 5.75 Å². The largest absolute Gasteiger partial charge is 0.494 e. The molecular weight excluding hydrogens is 272 g/mol. The summed E-state index contributed by atoms with van der Waals surface area (Å²) in [6.07, 6.45) is 1.89. The summed E-state index contributed by atoms with van der Waals surface area (Å²) in [6.45, 7) is 1.66. The van der Waals surface area contributed by atoms with Gasteiger partial charge in [0.15, 0.2) is 0 Å². The fourth-order valence-corrected chi connectivity index (χ4v) is 2.32. The van der Waals surface area contributed by atoms with Crippen LogP contribution in [0.3, 0.4) is 0 Å². The Balaban J connectivity index is 2.06. The third kappa shape index (κ3) is 4.09. The van der Waals surface area contributed by atoms with E-state index < -0.39 is 6.03 Å². The predicted octanol–water partition coefficient (Wildman–Crippen LogP) is 1.12. The standard InChI is InChI=1S/C14H20N4O3/c1-21-12-7-10(4-5-11(12)18-14(15)20)17-13(19)9-3-2-6-16-8-9/h4-5,7,9,16H,2-3,6,8H2,1H3,(H,17,19)(H3,15,18,20). The van der Waals surface area contributed by atoms with Crippen molar-refractivity contribution in [2.45, 2.75) is 12.8 Å². The van der Waals surface area contributed by atoms with E-state index in [4.69, 9.17) is 10.5 Å². The Labute approximate surface area is 123 Å². The van der Waals surface area contributed by atoms with Gasteiger partial charge < -0.3 is 26.4 Å². The summed E-state index contributed by atoms with van der Waals surface area (Å²) in [4.78, 5) is 23.0. The van der Waals surface area contributed by atoms with Crippen molar-refractivity contribution < 1.29 is 14.3 Å². The van der Waals surface area contributed by atoms with Crippen molar-refractivity contribution in [3.05, 3.63) is 18.2 Å². The highest BCUT2D eigenvalue weighted by molar-refractivity contribution is 5.94. The number of methoxy groups -OCH3 is 1. The molecule has 0 aromatic heterocycles. The molecule has 0 saturated carbocycles. The van der Waals surface area contributed by atoms with Crippen LogP contribution < -0.4 is 26.4 Å². The van der Waals surface area contributed by atoms with Crippen LogP contribution in [0.25, 0.3) is 0 Å². The minimum atomic E-state index is -0.668. The summed E-state index contributed by atoms with van der Waals surface area (Å²) in [5.74, 6) is 0.404. The average molecular weight is 292 g/mol. The molecule has 7 nitrogen and oxygen atoms in total. The molecule has 1 atom stereocenters. The van der Waals surface area contributed by atoms with Crippen LogP contribution in [0.4, 0.5) is 16.2 Å². The average Bonchev–Trinajstić information content (AvgIpc) is 2.49. The first-order valence-corrected chi connectivity index (χ1v) is 6.86. The first-order chi connectivity index (χ1) is 10.1. The number of nitrogens with two attached hydrogens (primary N) is 1. The molecule has 2 rings (SSSR count). The summed E-state index contributed by atoms with van der Waals surface area (Å²) in [7, 11) is 1.48. The molecule has 114 valence electrons. The van der Waals surface area contributed by atoms with Gasteiger partial charge in [-0.1, -0.05) is 0 Å². The summed E-state index contributed by atoms with van der Waals surface area (Å²) in [5, 5.41) is 8.53. The molecule has 0 bridgehead atoms. The highest BCUT2D eigenvalue weighted by Crippen LogP contribution is 2.28. The monoisotopic (exact) mass is 292 g/mol. The molecular formula is C14H20N4O3. The highest BCUT2D eigenvalue weighted by Gasteiger charge is 2.21. The molecule has 7 heteroatoms. The van der Waals surface area contributed by atoms with Gasteiger partial charge in [0, 0.05) is 18.3 Å². The molecule has 1 aliphatic heterocycles. The van der Waals surface area contributed by atoms with Crippen molar-refractivity contribution in [1.82, 2.24) is 5.32 Å². The van der Waals surface area contributed by atoms with Crippen molar-refractivity contribution in [3.63, 3.8) is 0 Å². The van der Waals surface area contributed by atoms with Gasteiger partial charge in [0.2, 0.25) is 5.91 Å². The highest BCUT2D eigenvalue weighted by atomic mass is 16.5. The van der Waals surface area contributed by atoms with Crippen molar-refractivity contribution >= 4 is 23.3 Å². The molecule has 1 heterocycles. The number of primary amides is 1. The minimum absolute atomic E-state index is 0.0140. The van der Waals surface area contributed by atoms with E-state index in [0.29, 0.717) is 23.7 Å². The first kappa shape index (κ1) is 15.1. The van der Waals surface area contributed by atoms with Crippen LogP contribution in [-0.2, 0) is 4.79 Å². The van der Waals surface area contributed by atoms with Crippen molar-refractivity contribution in [2.75, 3.05) is 30.8 Å². The molecule has 21 heavy (non-hydrogen) atoms. The Hall–Kier alpha value is -2.28. The number of anilines is 2. The quantitative estimate of drug-likeness (QED) is 0.667. The summed E-state index contributed by atoms with van der Waals surface area (Å²) < 4.78 is 5.18. The zero-order valence-corrected chi connectivity index (χ0v) is 11.9.